The molecule has 1 fully saturated rings. The Kier molecular flexibility index (Phi) is 6.45. The molecule has 1 atom stereocenters. The molecule has 17 heavy (non-hydrogen) atoms. The summed E-state index contributed by atoms with van der Waals surface area (Å²) in [6.45, 7) is 11.7. The molecule has 0 saturated carbocycles. The fourth-order valence-corrected chi connectivity index (χ4v) is 2.55. The third kappa shape index (κ3) is 5.36. The standard InChI is InChI=1S/C14H31N3/c1-12(2)10-15-11-13(3)17-8-6-14(7-9-17)16(4)5/h12-15H,6-11H2,1-5H3. The van der Waals surface area contributed by atoms with Crippen molar-refractivity contribution in [2.24, 2.45) is 5.92 Å². The highest BCUT2D eigenvalue weighted by molar-refractivity contribution is 4.80. The lowest BCUT2D eigenvalue weighted by atomic mass is 10.0. The van der Waals surface area contributed by atoms with E-state index in [0.29, 0.717) is 6.04 Å². The van der Waals surface area contributed by atoms with E-state index in [1.165, 1.54) is 25.9 Å². The second kappa shape index (κ2) is 7.34. The van der Waals surface area contributed by atoms with E-state index in [1.807, 2.05) is 0 Å². The quantitative estimate of drug-likeness (QED) is 0.763. The highest BCUT2D eigenvalue weighted by Gasteiger charge is 2.23. The van der Waals surface area contributed by atoms with E-state index in [1.54, 1.807) is 0 Å². The van der Waals surface area contributed by atoms with Crippen LogP contribution in [0.2, 0.25) is 0 Å². The molecule has 1 unspecified atom stereocenters. The van der Waals surface area contributed by atoms with Crippen molar-refractivity contribution in [3.05, 3.63) is 0 Å². The average Bonchev–Trinajstić information content (AvgIpc) is 2.28. The van der Waals surface area contributed by atoms with Gasteiger partial charge in [-0.15, -0.1) is 0 Å². The maximum absolute atomic E-state index is 3.56. The third-order valence-electron chi connectivity index (χ3n) is 3.85. The number of nitrogens with zero attached hydrogens (tertiary/aromatic N) is 2. The summed E-state index contributed by atoms with van der Waals surface area (Å²) in [6, 6.07) is 1.47. The van der Waals surface area contributed by atoms with Crippen LogP contribution in [0.5, 0.6) is 0 Å². The van der Waals surface area contributed by atoms with Gasteiger partial charge in [0.15, 0.2) is 0 Å². The van der Waals surface area contributed by atoms with Crippen LogP contribution in [-0.2, 0) is 0 Å². The van der Waals surface area contributed by atoms with Crippen LogP contribution in [0, 0.1) is 5.92 Å². The Hall–Kier alpha value is -0.120. The predicted molar refractivity (Wildman–Crippen MR) is 75.5 cm³/mol. The molecule has 1 aliphatic heterocycles. The molecule has 0 spiro atoms. The van der Waals surface area contributed by atoms with Gasteiger partial charge in [0, 0.05) is 18.6 Å². The van der Waals surface area contributed by atoms with Gasteiger partial charge < -0.3 is 10.2 Å². The molecule has 1 aliphatic rings. The van der Waals surface area contributed by atoms with Gasteiger partial charge in [0.1, 0.15) is 0 Å². The molecule has 0 radical (unpaired) electrons. The van der Waals surface area contributed by atoms with Crippen LogP contribution >= 0.6 is 0 Å². The normalized spacial score (nSPS) is 21.4. The number of hydrogen-bond acceptors (Lipinski definition) is 3. The fourth-order valence-electron chi connectivity index (χ4n) is 2.55. The molecule has 0 bridgehead atoms. The lowest BCUT2D eigenvalue weighted by Crippen LogP contribution is -2.48. The van der Waals surface area contributed by atoms with E-state index in [-0.39, 0.29) is 0 Å². The van der Waals surface area contributed by atoms with E-state index in [0.717, 1.165) is 25.0 Å². The molecule has 0 amide bonds. The van der Waals surface area contributed by atoms with Gasteiger partial charge in [-0.3, -0.25) is 4.90 Å². The van der Waals surface area contributed by atoms with Crippen LogP contribution in [0.15, 0.2) is 0 Å². The van der Waals surface area contributed by atoms with E-state index in [9.17, 15) is 0 Å². The Bertz CT molecular complexity index is 196. The molecule has 0 aromatic carbocycles. The minimum Gasteiger partial charge on any atom is -0.315 e. The van der Waals surface area contributed by atoms with Gasteiger partial charge in [-0.1, -0.05) is 13.8 Å². The summed E-state index contributed by atoms with van der Waals surface area (Å²) in [7, 11) is 4.40. The molecule has 1 saturated heterocycles. The molecule has 0 aromatic rings. The summed E-state index contributed by atoms with van der Waals surface area (Å²) in [6.07, 6.45) is 2.64. The maximum atomic E-state index is 3.56. The van der Waals surface area contributed by atoms with Crippen LogP contribution in [0.1, 0.15) is 33.6 Å². The van der Waals surface area contributed by atoms with E-state index in [4.69, 9.17) is 0 Å². The van der Waals surface area contributed by atoms with Crippen LogP contribution in [-0.4, -0.2) is 62.2 Å². The first-order valence-electron chi connectivity index (χ1n) is 7.12. The Balaban J connectivity index is 2.19. The minimum atomic E-state index is 0.678. The average molecular weight is 241 g/mol. The van der Waals surface area contributed by atoms with Crippen molar-refractivity contribution in [3.8, 4) is 0 Å². The first-order valence-corrected chi connectivity index (χ1v) is 7.12. The number of hydrogen-bond donors (Lipinski definition) is 1. The van der Waals surface area contributed by atoms with Gasteiger partial charge in [0.05, 0.1) is 0 Å². The molecule has 102 valence electrons. The van der Waals surface area contributed by atoms with E-state index >= 15 is 0 Å². The molecule has 1 N–H and O–H groups in total. The number of likely N-dealkylation sites (tertiary alicyclic amines) is 1. The van der Waals surface area contributed by atoms with E-state index in [2.05, 4.69) is 50.0 Å². The molecular formula is C14H31N3. The molecule has 1 rings (SSSR count). The zero-order valence-electron chi connectivity index (χ0n) is 12.4. The summed E-state index contributed by atoms with van der Waals surface area (Å²) >= 11 is 0. The Morgan fingerprint density at radius 3 is 2.18 bits per heavy atom. The number of rotatable bonds is 6. The number of piperidine rings is 1. The Morgan fingerprint density at radius 2 is 1.71 bits per heavy atom. The monoisotopic (exact) mass is 241 g/mol. The zero-order chi connectivity index (χ0) is 12.8. The zero-order valence-corrected chi connectivity index (χ0v) is 12.4. The smallest absolute Gasteiger partial charge is 0.0192 e. The third-order valence-corrected chi connectivity index (χ3v) is 3.85. The van der Waals surface area contributed by atoms with Crippen LogP contribution < -0.4 is 5.32 Å². The van der Waals surface area contributed by atoms with Gasteiger partial charge in [-0.05, 0) is 59.4 Å². The Morgan fingerprint density at radius 1 is 1.12 bits per heavy atom. The van der Waals surface area contributed by atoms with Crippen molar-refractivity contribution in [3.63, 3.8) is 0 Å². The summed E-state index contributed by atoms with van der Waals surface area (Å²) in [5.41, 5.74) is 0. The van der Waals surface area contributed by atoms with Crippen molar-refractivity contribution in [2.45, 2.75) is 45.7 Å². The highest BCUT2D eigenvalue weighted by Crippen LogP contribution is 2.15. The first-order chi connectivity index (χ1) is 8.00. The predicted octanol–water partition coefficient (Wildman–Crippen LogP) is 1.65. The maximum Gasteiger partial charge on any atom is 0.0192 e. The Labute approximate surface area is 108 Å². The second-order valence-corrected chi connectivity index (χ2v) is 6.13. The van der Waals surface area contributed by atoms with Crippen molar-refractivity contribution < 1.29 is 0 Å². The van der Waals surface area contributed by atoms with Gasteiger partial charge in [0.25, 0.3) is 0 Å². The van der Waals surface area contributed by atoms with Crippen molar-refractivity contribution in [2.75, 3.05) is 40.3 Å². The molecule has 1 heterocycles. The summed E-state index contributed by atoms with van der Waals surface area (Å²) in [4.78, 5) is 5.01. The summed E-state index contributed by atoms with van der Waals surface area (Å²) in [5, 5.41) is 3.56. The van der Waals surface area contributed by atoms with E-state index < -0.39 is 0 Å². The van der Waals surface area contributed by atoms with Gasteiger partial charge in [0.2, 0.25) is 0 Å². The van der Waals surface area contributed by atoms with Gasteiger partial charge >= 0.3 is 0 Å². The minimum absolute atomic E-state index is 0.678. The SMILES string of the molecule is CC(C)CNCC(C)N1CCC(N(C)C)CC1. The first kappa shape index (κ1) is 14.9. The van der Waals surface area contributed by atoms with Crippen LogP contribution in [0.4, 0.5) is 0 Å². The molecule has 0 aliphatic carbocycles. The molecular weight excluding hydrogens is 210 g/mol. The molecule has 0 aromatic heterocycles. The summed E-state index contributed by atoms with van der Waals surface area (Å²) < 4.78 is 0. The lowest BCUT2D eigenvalue weighted by Gasteiger charge is -2.38. The molecule has 3 heteroatoms. The highest BCUT2D eigenvalue weighted by atomic mass is 15.2. The lowest BCUT2D eigenvalue weighted by molar-refractivity contribution is 0.113. The van der Waals surface area contributed by atoms with Crippen molar-refractivity contribution >= 4 is 0 Å². The second-order valence-electron chi connectivity index (χ2n) is 6.13. The van der Waals surface area contributed by atoms with Crippen LogP contribution in [0.3, 0.4) is 0 Å². The molecule has 3 nitrogen and oxygen atoms in total. The largest absolute Gasteiger partial charge is 0.315 e. The number of nitrogens with one attached hydrogen (secondary N) is 1. The topological polar surface area (TPSA) is 18.5 Å². The van der Waals surface area contributed by atoms with Gasteiger partial charge in [-0.25, -0.2) is 0 Å². The van der Waals surface area contributed by atoms with Crippen molar-refractivity contribution in [1.29, 1.82) is 0 Å². The van der Waals surface area contributed by atoms with Crippen LogP contribution in [0.25, 0.3) is 0 Å². The van der Waals surface area contributed by atoms with Crippen molar-refractivity contribution in [1.82, 2.24) is 15.1 Å². The van der Waals surface area contributed by atoms with Gasteiger partial charge in [-0.2, -0.15) is 0 Å². The summed E-state index contributed by atoms with van der Waals surface area (Å²) in [5.74, 6) is 0.752. The fraction of sp³-hybridized carbons (Fsp3) is 1.00.